The third-order valence-corrected chi connectivity index (χ3v) is 4.20. The van der Waals surface area contributed by atoms with Crippen molar-refractivity contribution in [2.45, 2.75) is 6.92 Å². The minimum Gasteiger partial charge on any atom is -0.469 e. The average molecular weight is 334 g/mol. The zero-order valence-electron chi connectivity index (χ0n) is 14.4. The van der Waals surface area contributed by atoms with Crippen LogP contribution in [-0.2, 0) is 14.3 Å². The molecule has 0 radical (unpaired) electrons. The Kier molecular flexibility index (Phi) is 7.21. The van der Waals surface area contributed by atoms with Gasteiger partial charge >= 0.3 is 5.97 Å². The molecule has 1 saturated heterocycles. The summed E-state index contributed by atoms with van der Waals surface area (Å²) in [6.07, 6.45) is 0. The highest BCUT2D eigenvalue weighted by Crippen LogP contribution is 2.10. The molecular formula is C18H26N2O4. The van der Waals surface area contributed by atoms with Crippen LogP contribution < -0.4 is 0 Å². The fourth-order valence-corrected chi connectivity index (χ4v) is 2.73. The van der Waals surface area contributed by atoms with Crippen LogP contribution in [0.2, 0.25) is 0 Å². The molecule has 24 heavy (non-hydrogen) atoms. The molecule has 0 aromatic heterocycles. The van der Waals surface area contributed by atoms with Crippen molar-refractivity contribution in [1.82, 2.24) is 9.80 Å². The molecule has 1 amide bonds. The van der Waals surface area contributed by atoms with E-state index in [9.17, 15) is 9.59 Å². The molecule has 1 aromatic rings. The van der Waals surface area contributed by atoms with Crippen molar-refractivity contribution in [1.29, 1.82) is 0 Å². The molecule has 0 saturated carbocycles. The number of morpholine rings is 1. The van der Waals surface area contributed by atoms with Gasteiger partial charge in [-0.05, 0) is 12.1 Å². The molecule has 132 valence electrons. The van der Waals surface area contributed by atoms with Crippen LogP contribution in [0.1, 0.15) is 17.3 Å². The van der Waals surface area contributed by atoms with Crippen LogP contribution in [0, 0.1) is 5.92 Å². The molecule has 1 atom stereocenters. The summed E-state index contributed by atoms with van der Waals surface area (Å²) in [6.45, 7) is 6.69. The van der Waals surface area contributed by atoms with Crippen molar-refractivity contribution < 1.29 is 19.1 Å². The number of benzene rings is 1. The van der Waals surface area contributed by atoms with Gasteiger partial charge < -0.3 is 14.4 Å². The highest BCUT2D eigenvalue weighted by Gasteiger charge is 2.23. The number of carbonyl (C=O) groups excluding carboxylic acids is 2. The first kappa shape index (κ1) is 18.4. The Morgan fingerprint density at radius 3 is 2.54 bits per heavy atom. The quantitative estimate of drug-likeness (QED) is 0.703. The monoisotopic (exact) mass is 334 g/mol. The second-order valence-electron chi connectivity index (χ2n) is 6.00. The van der Waals surface area contributed by atoms with E-state index in [-0.39, 0.29) is 17.8 Å². The maximum absolute atomic E-state index is 12.8. The lowest BCUT2D eigenvalue weighted by Crippen LogP contribution is -2.45. The summed E-state index contributed by atoms with van der Waals surface area (Å²) >= 11 is 0. The smallest absolute Gasteiger partial charge is 0.310 e. The van der Waals surface area contributed by atoms with Gasteiger partial charge in [-0.25, -0.2) is 0 Å². The van der Waals surface area contributed by atoms with E-state index in [0.717, 1.165) is 32.8 Å². The van der Waals surface area contributed by atoms with Crippen molar-refractivity contribution in [2.75, 3.05) is 53.0 Å². The lowest BCUT2D eigenvalue weighted by Gasteiger charge is -2.31. The lowest BCUT2D eigenvalue weighted by molar-refractivity contribution is -0.145. The van der Waals surface area contributed by atoms with Crippen molar-refractivity contribution in [3.63, 3.8) is 0 Å². The van der Waals surface area contributed by atoms with E-state index in [0.29, 0.717) is 18.7 Å². The van der Waals surface area contributed by atoms with Gasteiger partial charge in [0.05, 0.1) is 26.2 Å². The predicted octanol–water partition coefficient (Wildman–Crippen LogP) is 1.27. The van der Waals surface area contributed by atoms with Crippen molar-refractivity contribution in [2.24, 2.45) is 5.92 Å². The van der Waals surface area contributed by atoms with E-state index in [1.165, 1.54) is 7.11 Å². The number of rotatable bonds is 7. The predicted molar refractivity (Wildman–Crippen MR) is 90.8 cm³/mol. The van der Waals surface area contributed by atoms with Gasteiger partial charge in [-0.1, -0.05) is 25.1 Å². The topological polar surface area (TPSA) is 59.1 Å². The number of amides is 1. The minimum absolute atomic E-state index is 0.0559. The first-order valence-corrected chi connectivity index (χ1v) is 8.34. The van der Waals surface area contributed by atoms with E-state index in [4.69, 9.17) is 9.47 Å². The van der Waals surface area contributed by atoms with Gasteiger partial charge in [-0.3, -0.25) is 14.5 Å². The first-order chi connectivity index (χ1) is 11.6. The Morgan fingerprint density at radius 2 is 1.92 bits per heavy atom. The maximum atomic E-state index is 12.8. The number of hydrogen-bond acceptors (Lipinski definition) is 5. The average Bonchev–Trinajstić information content (AvgIpc) is 2.65. The SMILES string of the molecule is COC(=O)C(C)CN(CCN1CCOCC1)C(=O)c1ccccc1. The molecule has 1 aliphatic rings. The Labute approximate surface area is 143 Å². The summed E-state index contributed by atoms with van der Waals surface area (Å²) in [6, 6.07) is 9.17. The van der Waals surface area contributed by atoms with E-state index in [2.05, 4.69) is 4.90 Å². The van der Waals surface area contributed by atoms with E-state index in [1.807, 2.05) is 18.2 Å². The Morgan fingerprint density at radius 1 is 1.25 bits per heavy atom. The molecule has 0 N–H and O–H groups in total. The van der Waals surface area contributed by atoms with Gasteiger partial charge in [-0.2, -0.15) is 0 Å². The third kappa shape index (κ3) is 5.32. The van der Waals surface area contributed by atoms with Crippen LogP contribution in [0.25, 0.3) is 0 Å². The van der Waals surface area contributed by atoms with E-state index < -0.39 is 0 Å². The van der Waals surface area contributed by atoms with Crippen LogP contribution in [-0.4, -0.2) is 74.7 Å². The highest BCUT2D eigenvalue weighted by atomic mass is 16.5. The number of nitrogens with zero attached hydrogens (tertiary/aromatic N) is 2. The Balaban J connectivity index is 2.02. The van der Waals surface area contributed by atoms with E-state index in [1.54, 1.807) is 24.0 Å². The molecular weight excluding hydrogens is 308 g/mol. The number of esters is 1. The number of methoxy groups -OCH3 is 1. The second-order valence-corrected chi connectivity index (χ2v) is 6.00. The molecule has 1 aliphatic heterocycles. The molecule has 0 aliphatic carbocycles. The van der Waals surface area contributed by atoms with E-state index >= 15 is 0 Å². The van der Waals surface area contributed by atoms with Gasteiger partial charge in [0.2, 0.25) is 0 Å². The van der Waals surface area contributed by atoms with Crippen molar-refractivity contribution in [3.8, 4) is 0 Å². The molecule has 1 heterocycles. The summed E-state index contributed by atoms with van der Waals surface area (Å²) < 4.78 is 10.1. The van der Waals surface area contributed by atoms with Crippen LogP contribution >= 0.6 is 0 Å². The van der Waals surface area contributed by atoms with Gasteiger partial charge in [0.15, 0.2) is 0 Å². The zero-order valence-corrected chi connectivity index (χ0v) is 14.4. The standard InChI is InChI=1S/C18H26N2O4/c1-15(18(22)23-2)14-20(9-8-19-10-12-24-13-11-19)17(21)16-6-4-3-5-7-16/h3-7,15H,8-14H2,1-2H3. The Hall–Kier alpha value is -1.92. The normalized spacial score (nSPS) is 16.4. The largest absolute Gasteiger partial charge is 0.469 e. The summed E-state index contributed by atoms with van der Waals surface area (Å²) in [7, 11) is 1.37. The summed E-state index contributed by atoms with van der Waals surface area (Å²) in [5.41, 5.74) is 0.636. The molecule has 6 nitrogen and oxygen atoms in total. The summed E-state index contributed by atoms with van der Waals surface area (Å²) in [5.74, 6) is -0.709. The lowest BCUT2D eigenvalue weighted by atomic mass is 10.1. The van der Waals surface area contributed by atoms with Gasteiger partial charge in [-0.15, -0.1) is 0 Å². The maximum Gasteiger partial charge on any atom is 0.310 e. The number of ether oxygens (including phenoxy) is 2. The van der Waals surface area contributed by atoms with Gasteiger partial charge in [0.25, 0.3) is 5.91 Å². The van der Waals surface area contributed by atoms with Crippen LogP contribution in [0.15, 0.2) is 30.3 Å². The molecule has 0 bridgehead atoms. The van der Waals surface area contributed by atoms with Gasteiger partial charge in [0.1, 0.15) is 0 Å². The summed E-state index contributed by atoms with van der Waals surface area (Å²) in [4.78, 5) is 28.5. The molecule has 1 aromatic carbocycles. The first-order valence-electron chi connectivity index (χ1n) is 8.34. The third-order valence-electron chi connectivity index (χ3n) is 4.20. The Bertz CT molecular complexity index is 529. The minimum atomic E-state index is -0.354. The molecule has 0 spiro atoms. The fourth-order valence-electron chi connectivity index (χ4n) is 2.73. The number of hydrogen-bond donors (Lipinski definition) is 0. The van der Waals surface area contributed by atoms with Gasteiger partial charge in [0, 0.05) is 38.3 Å². The summed E-state index contributed by atoms with van der Waals surface area (Å²) in [5, 5.41) is 0. The second kappa shape index (κ2) is 9.39. The van der Waals surface area contributed by atoms with Crippen molar-refractivity contribution >= 4 is 11.9 Å². The highest BCUT2D eigenvalue weighted by molar-refractivity contribution is 5.94. The molecule has 1 fully saturated rings. The zero-order chi connectivity index (χ0) is 17.4. The molecule has 6 heteroatoms. The van der Waals surface area contributed by atoms with Crippen LogP contribution in [0.5, 0.6) is 0 Å². The number of carbonyl (C=O) groups is 2. The van der Waals surface area contributed by atoms with Crippen molar-refractivity contribution in [3.05, 3.63) is 35.9 Å². The fraction of sp³-hybridized carbons (Fsp3) is 0.556. The molecule has 1 unspecified atom stereocenters. The van der Waals surface area contributed by atoms with Crippen LogP contribution in [0.3, 0.4) is 0 Å². The molecule has 2 rings (SSSR count). The van der Waals surface area contributed by atoms with Crippen LogP contribution in [0.4, 0.5) is 0 Å².